The number of nitrogens with one attached hydrogen (secondary N) is 1. The maximum atomic E-state index is 6.07. The van der Waals surface area contributed by atoms with Crippen molar-refractivity contribution in [1.29, 1.82) is 0 Å². The maximum absolute atomic E-state index is 6.07. The normalized spacial score (nSPS) is 21.7. The van der Waals surface area contributed by atoms with Gasteiger partial charge in [0.1, 0.15) is 11.4 Å². The number of hydrogen-bond acceptors (Lipinski definition) is 3. The zero-order valence-electron chi connectivity index (χ0n) is 12.8. The van der Waals surface area contributed by atoms with Crippen molar-refractivity contribution >= 4 is 0 Å². The third-order valence-corrected chi connectivity index (χ3v) is 3.59. The van der Waals surface area contributed by atoms with Crippen LogP contribution in [0.15, 0.2) is 18.2 Å². The average molecular weight is 263 g/mol. The Hall–Kier alpha value is -1.06. The minimum absolute atomic E-state index is 0.139. The molecular formula is C16H25NO2. The van der Waals surface area contributed by atoms with Crippen molar-refractivity contribution in [3.05, 3.63) is 29.3 Å². The second kappa shape index (κ2) is 4.80. The van der Waals surface area contributed by atoms with E-state index in [1.54, 1.807) is 7.11 Å². The molecule has 0 aromatic heterocycles. The van der Waals surface area contributed by atoms with Gasteiger partial charge in [0.15, 0.2) is 0 Å². The SMILES string of the molecule is CONC1CC(C)(C)Oc2ccc(C(C)(C)C)cc21. The summed E-state index contributed by atoms with van der Waals surface area (Å²) in [4.78, 5) is 5.15. The van der Waals surface area contributed by atoms with Gasteiger partial charge in [-0.25, -0.2) is 0 Å². The fourth-order valence-electron chi connectivity index (χ4n) is 2.57. The molecule has 0 spiro atoms. The molecule has 2 rings (SSSR count). The first-order valence-corrected chi connectivity index (χ1v) is 6.85. The second-order valence-corrected chi connectivity index (χ2v) is 6.94. The molecule has 0 aliphatic carbocycles. The largest absolute Gasteiger partial charge is 0.487 e. The average Bonchev–Trinajstić information content (AvgIpc) is 2.26. The molecule has 1 N–H and O–H groups in total. The lowest BCUT2D eigenvalue weighted by molar-refractivity contribution is 0.00291. The first-order valence-electron chi connectivity index (χ1n) is 6.85. The standard InChI is InChI=1S/C16H25NO2/c1-15(2,3)11-7-8-14-12(9-11)13(17-18-6)10-16(4,5)19-14/h7-9,13,17H,10H2,1-6H3. The van der Waals surface area contributed by atoms with Crippen LogP contribution in [0.1, 0.15) is 58.2 Å². The molecule has 0 bridgehead atoms. The summed E-state index contributed by atoms with van der Waals surface area (Å²) in [6, 6.07) is 6.65. The molecule has 0 radical (unpaired) electrons. The molecule has 1 aromatic rings. The van der Waals surface area contributed by atoms with Crippen LogP contribution in [0.4, 0.5) is 0 Å². The minimum atomic E-state index is -0.174. The predicted octanol–water partition coefficient (Wildman–Crippen LogP) is 3.74. The van der Waals surface area contributed by atoms with E-state index in [2.05, 4.69) is 58.3 Å². The first-order chi connectivity index (χ1) is 8.73. The van der Waals surface area contributed by atoms with Crippen LogP contribution < -0.4 is 10.2 Å². The van der Waals surface area contributed by atoms with Crippen molar-refractivity contribution in [3.8, 4) is 5.75 Å². The zero-order chi connectivity index (χ0) is 14.3. The van der Waals surface area contributed by atoms with E-state index >= 15 is 0 Å². The van der Waals surface area contributed by atoms with E-state index in [1.807, 2.05) is 0 Å². The molecule has 1 aliphatic heterocycles. The van der Waals surface area contributed by atoms with Crippen LogP contribution in [-0.4, -0.2) is 12.7 Å². The van der Waals surface area contributed by atoms with Crippen LogP contribution in [-0.2, 0) is 10.3 Å². The smallest absolute Gasteiger partial charge is 0.124 e. The van der Waals surface area contributed by atoms with Crippen molar-refractivity contribution in [2.24, 2.45) is 0 Å². The Morgan fingerprint density at radius 3 is 2.58 bits per heavy atom. The number of hydroxylamine groups is 1. The highest BCUT2D eigenvalue weighted by Gasteiger charge is 2.34. The van der Waals surface area contributed by atoms with Gasteiger partial charge in [0, 0.05) is 12.0 Å². The molecular weight excluding hydrogens is 238 g/mol. The van der Waals surface area contributed by atoms with Gasteiger partial charge in [-0.05, 0) is 37.0 Å². The lowest BCUT2D eigenvalue weighted by atomic mass is 9.83. The van der Waals surface area contributed by atoms with Crippen molar-refractivity contribution in [2.45, 2.75) is 58.1 Å². The lowest BCUT2D eigenvalue weighted by Crippen LogP contribution is -2.39. The van der Waals surface area contributed by atoms with Crippen LogP contribution in [0.2, 0.25) is 0 Å². The summed E-state index contributed by atoms with van der Waals surface area (Å²) in [5, 5.41) is 0. The van der Waals surface area contributed by atoms with Crippen LogP contribution in [0.25, 0.3) is 0 Å². The maximum Gasteiger partial charge on any atom is 0.124 e. The predicted molar refractivity (Wildman–Crippen MR) is 77.4 cm³/mol. The summed E-state index contributed by atoms with van der Waals surface area (Å²) < 4.78 is 6.07. The lowest BCUT2D eigenvalue weighted by Gasteiger charge is -2.38. The van der Waals surface area contributed by atoms with Crippen LogP contribution in [0, 0.1) is 0 Å². The molecule has 19 heavy (non-hydrogen) atoms. The Kier molecular flexibility index (Phi) is 3.63. The first kappa shape index (κ1) is 14.4. The summed E-state index contributed by atoms with van der Waals surface area (Å²) >= 11 is 0. The molecule has 1 unspecified atom stereocenters. The Bertz CT molecular complexity index is 460. The Morgan fingerprint density at radius 2 is 2.00 bits per heavy atom. The van der Waals surface area contributed by atoms with Crippen molar-refractivity contribution < 1.29 is 9.57 Å². The molecule has 106 valence electrons. The van der Waals surface area contributed by atoms with E-state index in [1.165, 1.54) is 11.1 Å². The zero-order valence-corrected chi connectivity index (χ0v) is 12.8. The van der Waals surface area contributed by atoms with E-state index < -0.39 is 0 Å². The third-order valence-electron chi connectivity index (χ3n) is 3.59. The summed E-state index contributed by atoms with van der Waals surface area (Å²) in [7, 11) is 1.66. The highest BCUT2D eigenvalue weighted by molar-refractivity contribution is 5.43. The minimum Gasteiger partial charge on any atom is -0.487 e. The number of hydrogen-bond donors (Lipinski definition) is 1. The molecule has 3 nitrogen and oxygen atoms in total. The second-order valence-electron chi connectivity index (χ2n) is 6.94. The summed E-state index contributed by atoms with van der Waals surface area (Å²) in [5.74, 6) is 0.957. The van der Waals surface area contributed by atoms with Crippen LogP contribution in [0.3, 0.4) is 0 Å². The molecule has 1 aromatic carbocycles. The summed E-state index contributed by atoms with van der Waals surface area (Å²) in [6.45, 7) is 10.9. The highest BCUT2D eigenvalue weighted by atomic mass is 16.6. The number of fused-ring (bicyclic) bond motifs is 1. The van der Waals surface area contributed by atoms with Gasteiger partial charge in [-0.3, -0.25) is 0 Å². The third kappa shape index (κ3) is 3.10. The number of ether oxygens (including phenoxy) is 1. The molecule has 1 aliphatic rings. The van der Waals surface area contributed by atoms with E-state index in [-0.39, 0.29) is 17.1 Å². The van der Waals surface area contributed by atoms with Gasteiger partial charge < -0.3 is 9.57 Å². The monoisotopic (exact) mass is 263 g/mol. The Morgan fingerprint density at radius 1 is 1.32 bits per heavy atom. The van der Waals surface area contributed by atoms with E-state index in [9.17, 15) is 0 Å². The van der Waals surface area contributed by atoms with Gasteiger partial charge in [-0.2, -0.15) is 5.48 Å². The van der Waals surface area contributed by atoms with E-state index in [4.69, 9.17) is 9.57 Å². The Balaban J connectivity index is 2.43. The van der Waals surface area contributed by atoms with Crippen molar-refractivity contribution in [1.82, 2.24) is 5.48 Å². The highest BCUT2D eigenvalue weighted by Crippen LogP contribution is 2.41. The van der Waals surface area contributed by atoms with Gasteiger partial charge in [0.05, 0.1) is 13.2 Å². The quantitative estimate of drug-likeness (QED) is 0.825. The fourth-order valence-corrected chi connectivity index (χ4v) is 2.57. The van der Waals surface area contributed by atoms with Crippen molar-refractivity contribution in [3.63, 3.8) is 0 Å². The number of benzene rings is 1. The van der Waals surface area contributed by atoms with Crippen LogP contribution >= 0.6 is 0 Å². The number of rotatable bonds is 2. The fraction of sp³-hybridized carbons (Fsp3) is 0.625. The molecule has 0 fully saturated rings. The van der Waals surface area contributed by atoms with E-state index in [0.717, 1.165) is 12.2 Å². The molecule has 1 atom stereocenters. The van der Waals surface area contributed by atoms with Gasteiger partial charge in [0.25, 0.3) is 0 Å². The molecule has 3 heteroatoms. The molecule has 0 saturated heterocycles. The van der Waals surface area contributed by atoms with E-state index in [0.29, 0.717) is 0 Å². The topological polar surface area (TPSA) is 30.5 Å². The molecule has 0 amide bonds. The van der Waals surface area contributed by atoms with Crippen molar-refractivity contribution in [2.75, 3.05) is 7.11 Å². The van der Waals surface area contributed by atoms with Crippen LogP contribution in [0.5, 0.6) is 5.75 Å². The Labute approximate surface area is 116 Å². The van der Waals surface area contributed by atoms with Gasteiger partial charge in [0.2, 0.25) is 0 Å². The summed E-state index contributed by atoms with van der Waals surface area (Å²) in [6.07, 6.45) is 0.890. The summed E-state index contributed by atoms with van der Waals surface area (Å²) in [5.41, 5.74) is 5.56. The molecule has 1 heterocycles. The van der Waals surface area contributed by atoms with Gasteiger partial charge in [-0.1, -0.05) is 26.8 Å². The van der Waals surface area contributed by atoms with Gasteiger partial charge in [-0.15, -0.1) is 0 Å². The molecule has 0 saturated carbocycles. The van der Waals surface area contributed by atoms with Gasteiger partial charge >= 0.3 is 0 Å².